The summed E-state index contributed by atoms with van der Waals surface area (Å²) in [5.74, 6) is -0.0308. The highest BCUT2D eigenvalue weighted by Crippen LogP contribution is 2.41. The van der Waals surface area contributed by atoms with Crippen LogP contribution in [0.15, 0.2) is 87.6 Å². The first-order chi connectivity index (χ1) is 29.2. The van der Waals surface area contributed by atoms with Gasteiger partial charge in [-0.2, -0.15) is 0 Å². The largest absolute Gasteiger partial charge is 0.456 e. The Hall–Kier alpha value is -6.77. The van der Waals surface area contributed by atoms with Gasteiger partial charge < -0.3 is 39.3 Å². The first kappa shape index (κ1) is 42.4. The standard InChI is InChI=1S/C46H52N8O7/c1-24(2)40(51-45(57)59-7)43(55)53-22-26(5)17-30(53)19-48-20-33(47)32-14-13-31(38-36-15-16-37(61-36)39(32)38)28-9-11-29(12-10-28)34-21-49-42(50-34)35-18-27(6)23-54(35)44(56)41(25(3)4)52-46(58)60-8/h9-18,20-21,24-26,35,40-41,47H,19,22-23H2,1-8H3,(H,49,50)(H,51,57)(H,52,58). The van der Waals surface area contributed by atoms with Gasteiger partial charge in [-0.3, -0.25) is 20.0 Å². The minimum atomic E-state index is -0.756. The third-order valence-corrected chi connectivity index (χ3v) is 11.3. The number of nitrogens with one attached hydrogen (secondary N) is 4. The summed E-state index contributed by atoms with van der Waals surface area (Å²) in [5, 5.41) is 16.1. The fourth-order valence-electron chi connectivity index (χ4n) is 8.16. The molecule has 318 valence electrons. The van der Waals surface area contributed by atoms with Gasteiger partial charge in [-0.25, -0.2) is 14.6 Å². The summed E-state index contributed by atoms with van der Waals surface area (Å²) >= 11 is 0. The van der Waals surface area contributed by atoms with Gasteiger partial charge in [0.2, 0.25) is 11.8 Å². The molecule has 0 radical (unpaired) electrons. The Bertz CT molecular complexity index is 2560. The number of aromatic amines is 1. The number of amides is 4. The number of carbonyl (C=O) groups is 4. The van der Waals surface area contributed by atoms with Crippen LogP contribution in [0.5, 0.6) is 0 Å². The number of furan rings is 2. The van der Waals surface area contributed by atoms with Crippen LogP contribution in [-0.4, -0.2) is 102 Å². The van der Waals surface area contributed by atoms with Crippen molar-refractivity contribution >= 4 is 57.9 Å². The summed E-state index contributed by atoms with van der Waals surface area (Å²) in [6, 6.07) is 13.9. The van der Waals surface area contributed by atoms with Crippen molar-refractivity contribution in [1.82, 2.24) is 30.4 Å². The third kappa shape index (κ3) is 8.50. The van der Waals surface area contributed by atoms with E-state index in [1.807, 2.05) is 102 Å². The average molecular weight is 829 g/mol. The van der Waals surface area contributed by atoms with Crippen LogP contribution in [0.2, 0.25) is 0 Å². The zero-order valence-electron chi connectivity index (χ0n) is 35.7. The van der Waals surface area contributed by atoms with Crippen LogP contribution >= 0.6 is 0 Å². The maximum atomic E-state index is 13.7. The molecule has 2 aliphatic rings. The first-order valence-electron chi connectivity index (χ1n) is 20.4. The molecule has 0 fully saturated rings. The van der Waals surface area contributed by atoms with Gasteiger partial charge in [-0.1, -0.05) is 88.7 Å². The lowest BCUT2D eigenvalue weighted by atomic mass is 9.93. The molecule has 0 aliphatic carbocycles. The quantitative estimate of drug-likeness (QED) is 0.0693. The summed E-state index contributed by atoms with van der Waals surface area (Å²) in [6.45, 7) is 12.6. The molecule has 0 spiro atoms. The van der Waals surface area contributed by atoms with Crippen molar-refractivity contribution in [3.63, 3.8) is 0 Å². The Morgan fingerprint density at radius 1 is 0.902 bits per heavy atom. The van der Waals surface area contributed by atoms with Gasteiger partial charge in [0.15, 0.2) is 0 Å². The SMILES string of the molecule is COC(=O)NC(C(=O)N1CC(C)C=C1CN=CC(=N)c1ccc(-c2ccc(-c3cnc(C4C=C(C)CN4C(=O)C(NC(=O)OC)C(C)C)[nH]3)cc2)c2c3ccc(o3)c12)C(C)C. The molecule has 4 N–H and O–H groups in total. The minimum absolute atomic E-state index is 0.109. The van der Waals surface area contributed by atoms with Crippen molar-refractivity contribution in [3.8, 4) is 22.4 Å². The van der Waals surface area contributed by atoms with Crippen molar-refractivity contribution in [2.24, 2.45) is 22.7 Å². The summed E-state index contributed by atoms with van der Waals surface area (Å²) in [7, 11) is 2.54. The van der Waals surface area contributed by atoms with E-state index >= 15 is 0 Å². The maximum Gasteiger partial charge on any atom is 0.407 e. The fourth-order valence-corrected chi connectivity index (χ4v) is 8.16. The third-order valence-electron chi connectivity index (χ3n) is 11.3. The molecule has 5 aromatic rings. The molecule has 0 saturated heterocycles. The molecule has 4 atom stereocenters. The molecule has 15 heteroatoms. The van der Waals surface area contributed by atoms with E-state index in [0.29, 0.717) is 35.6 Å². The summed E-state index contributed by atoms with van der Waals surface area (Å²) in [6.07, 6.45) is 5.97. The summed E-state index contributed by atoms with van der Waals surface area (Å²) in [4.78, 5) is 67.4. The number of imidazole rings is 1. The van der Waals surface area contributed by atoms with Gasteiger partial charge in [0, 0.05) is 41.3 Å². The second-order valence-electron chi connectivity index (χ2n) is 16.4. The van der Waals surface area contributed by atoms with Crippen LogP contribution in [0.3, 0.4) is 0 Å². The molecule has 61 heavy (non-hydrogen) atoms. The van der Waals surface area contributed by atoms with Crippen molar-refractivity contribution in [1.29, 1.82) is 5.41 Å². The summed E-state index contributed by atoms with van der Waals surface area (Å²) < 4.78 is 15.7. The molecule has 7 rings (SSSR count). The number of aliphatic imine (C=N–C) groups is 1. The number of carbonyl (C=O) groups excluding carboxylic acids is 4. The Labute approximate surface area is 354 Å². The summed E-state index contributed by atoms with van der Waals surface area (Å²) in [5.41, 5.74) is 7.62. The lowest BCUT2D eigenvalue weighted by Gasteiger charge is -2.30. The molecule has 2 aromatic carbocycles. The number of rotatable bonds is 13. The topological polar surface area (TPSA) is 195 Å². The molecule has 4 unspecified atom stereocenters. The van der Waals surface area contributed by atoms with E-state index in [1.165, 1.54) is 20.4 Å². The van der Waals surface area contributed by atoms with Gasteiger partial charge >= 0.3 is 12.2 Å². The Kier molecular flexibility index (Phi) is 12.1. The molecule has 5 heterocycles. The van der Waals surface area contributed by atoms with Gasteiger partial charge in [-0.05, 0) is 53.5 Å². The minimum Gasteiger partial charge on any atom is -0.456 e. The average Bonchev–Trinajstić information content (AvgIpc) is 4.10. The van der Waals surface area contributed by atoms with Crippen LogP contribution in [0.4, 0.5) is 9.59 Å². The monoisotopic (exact) mass is 828 g/mol. The number of H-pyrrole nitrogens is 1. The maximum absolute atomic E-state index is 13.7. The number of ether oxygens (including phenoxy) is 2. The molecular formula is C46H52N8O7. The molecule has 2 aliphatic heterocycles. The molecule has 0 saturated carbocycles. The van der Waals surface area contributed by atoms with Gasteiger partial charge in [-0.15, -0.1) is 0 Å². The van der Waals surface area contributed by atoms with Crippen LogP contribution in [0, 0.1) is 23.2 Å². The number of hydrogen-bond donors (Lipinski definition) is 4. The van der Waals surface area contributed by atoms with Gasteiger partial charge in [0.1, 0.15) is 35.1 Å². The number of alkyl carbamates (subject to hydrolysis) is 2. The Balaban J connectivity index is 1.08. The predicted molar refractivity (Wildman–Crippen MR) is 234 cm³/mol. The lowest BCUT2D eigenvalue weighted by Crippen LogP contribution is -2.51. The number of aromatic nitrogens is 2. The van der Waals surface area contributed by atoms with Gasteiger partial charge in [0.05, 0.1) is 38.4 Å². The second-order valence-corrected chi connectivity index (χ2v) is 16.4. The van der Waals surface area contributed by atoms with E-state index in [1.54, 1.807) is 16.0 Å². The predicted octanol–water partition coefficient (Wildman–Crippen LogP) is 7.47. The Morgan fingerprint density at radius 2 is 1.52 bits per heavy atom. The van der Waals surface area contributed by atoms with Crippen molar-refractivity contribution in [2.75, 3.05) is 33.9 Å². The zero-order chi connectivity index (χ0) is 43.7. The highest BCUT2D eigenvalue weighted by molar-refractivity contribution is 6.41. The number of hydrogen-bond acceptors (Lipinski definition) is 10. The number of nitrogens with zero attached hydrogens (tertiary/aromatic N) is 4. The van der Waals surface area contributed by atoms with E-state index in [0.717, 1.165) is 44.4 Å². The van der Waals surface area contributed by atoms with Crippen molar-refractivity contribution in [3.05, 3.63) is 89.5 Å². The van der Waals surface area contributed by atoms with E-state index in [9.17, 15) is 19.2 Å². The fraction of sp³-hybridized carbons (Fsp3) is 0.370. The van der Waals surface area contributed by atoms with E-state index in [-0.39, 0.29) is 41.8 Å². The number of fused-ring (bicyclic) bond motifs is 5. The van der Waals surface area contributed by atoms with Crippen molar-refractivity contribution in [2.45, 2.75) is 59.7 Å². The smallest absolute Gasteiger partial charge is 0.407 e. The van der Waals surface area contributed by atoms with E-state index in [4.69, 9.17) is 19.3 Å². The molecule has 3 aromatic heterocycles. The van der Waals surface area contributed by atoms with E-state index < -0.39 is 30.3 Å². The lowest BCUT2D eigenvalue weighted by molar-refractivity contribution is -0.135. The second kappa shape index (κ2) is 17.4. The van der Waals surface area contributed by atoms with Gasteiger partial charge in [0.25, 0.3) is 0 Å². The normalized spacial score (nSPS) is 17.7. The van der Waals surface area contributed by atoms with Crippen LogP contribution in [0.25, 0.3) is 44.3 Å². The van der Waals surface area contributed by atoms with Crippen LogP contribution in [0.1, 0.15) is 59.0 Å². The van der Waals surface area contributed by atoms with E-state index in [2.05, 4.69) is 25.6 Å². The molecular weight excluding hydrogens is 777 g/mol. The Morgan fingerprint density at radius 3 is 2.16 bits per heavy atom. The highest BCUT2D eigenvalue weighted by Gasteiger charge is 2.37. The highest BCUT2D eigenvalue weighted by atomic mass is 16.5. The molecule has 15 nitrogen and oxygen atoms in total. The van der Waals surface area contributed by atoms with Crippen LogP contribution < -0.4 is 10.6 Å². The molecule has 2 bridgehead atoms. The number of methoxy groups -OCH3 is 2. The number of benzene rings is 3. The first-order valence-corrected chi connectivity index (χ1v) is 20.4. The molecule has 4 amide bonds. The van der Waals surface area contributed by atoms with Crippen molar-refractivity contribution < 1.29 is 33.1 Å². The van der Waals surface area contributed by atoms with Crippen LogP contribution in [-0.2, 0) is 19.1 Å². The zero-order valence-corrected chi connectivity index (χ0v) is 35.7.